The van der Waals surface area contributed by atoms with Crippen LogP contribution in [-0.4, -0.2) is 34.6 Å². The molecule has 0 heterocycles. The van der Waals surface area contributed by atoms with Crippen LogP contribution in [0.3, 0.4) is 0 Å². The third-order valence-electron chi connectivity index (χ3n) is 6.55. The van der Waals surface area contributed by atoms with Gasteiger partial charge in [-0.3, -0.25) is 4.79 Å². The second kappa shape index (κ2) is 7.95. The molecule has 1 aliphatic carbocycles. The number of Topliss-reactive ketones (excluding diaryl/α,β-unsaturated/α-hetero) is 1. The summed E-state index contributed by atoms with van der Waals surface area (Å²) in [6.45, 7) is 22.8. The van der Waals surface area contributed by atoms with Crippen molar-refractivity contribution in [2.45, 2.75) is 122 Å². The van der Waals surface area contributed by atoms with E-state index in [1.54, 1.807) is 0 Å². The van der Waals surface area contributed by atoms with E-state index in [9.17, 15) is 4.79 Å². The topological polar surface area (TPSA) is 35.5 Å². The van der Waals surface area contributed by atoms with E-state index >= 15 is 0 Å². The van der Waals surface area contributed by atoms with Crippen LogP contribution in [0.5, 0.6) is 0 Å². The highest BCUT2D eigenvalue weighted by Crippen LogP contribution is 2.40. The van der Waals surface area contributed by atoms with Crippen molar-refractivity contribution in [1.29, 1.82) is 0 Å². The minimum atomic E-state index is -1.84. The van der Waals surface area contributed by atoms with Crippen LogP contribution in [0.15, 0.2) is 0 Å². The molecule has 1 saturated carbocycles. The second-order valence-corrected chi connectivity index (χ2v) is 20.4. The van der Waals surface area contributed by atoms with Crippen LogP contribution in [0, 0.1) is 0 Å². The molecule has 0 amide bonds. The number of ketones is 1. The average molecular weight is 387 g/mol. The highest BCUT2D eigenvalue weighted by atomic mass is 28.4. The van der Waals surface area contributed by atoms with Crippen molar-refractivity contribution in [3.63, 3.8) is 0 Å². The van der Waals surface area contributed by atoms with E-state index in [4.69, 9.17) is 8.85 Å². The van der Waals surface area contributed by atoms with Gasteiger partial charge in [0.15, 0.2) is 16.6 Å². The fourth-order valence-electron chi connectivity index (χ4n) is 2.70. The molecular formula is C20H42O3Si2. The molecule has 0 aliphatic heterocycles. The first-order chi connectivity index (χ1) is 11.1. The Hall–Kier alpha value is 0.0238. The van der Waals surface area contributed by atoms with Gasteiger partial charge in [0, 0.05) is 18.9 Å². The standard InChI is InChI=1S/C20H42O3Si2/c1-19(2,3)24(7,8)22-17-12-11-16(21)15-18(14-13-17)23-25(9,10)20(4,5)6/h17-18H,11-15H2,1-10H3/t17-,18-/m1/s1. The maximum atomic E-state index is 12.4. The number of carbonyl (C=O) groups is 1. The summed E-state index contributed by atoms with van der Waals surface area (Å²) in [6.07, 6.45) is 4.32. The molecule has 0 unspecified atom stereocenters. The van der Waals surface area contributed by atoms with Crippen molar-refractivity contribution in [3.8, 4) is 0 Å². The fourth-order valence-corrected chi connectivity index (χ4v) is 5.51. The van der Waals surface area contributed by atoms with Gasteiger partial charge < -0.3 is 8.85 Å². The molecule has 0 aromatic carbocycles. The van der Waals surface area contributed by atoms with Gasteiger partial charge in [0.05, 0.1) is 6.10 Å². The Morgan fingerprint density at radius 2 is 1.16 bits per heavy atom. The van der Waals surface area contributed by atoms with Crippen LogP contribution in [-0.2, 0) is 13.6 Å². The first-order valence-electron chi connectivity index (χ1n) is 9.92. The lowest BCUT2D eigenvalue weighted by Crippen LogP contribution is -2.46. The Morgan fingerprint density at radius 3 is 1.60 bits per heavy atom. The molecule has 0 N–H and O–H groups in total. The quantitative estimate of drug-likeness (QED) is 0.532. The van der Waals surface area contributed by atoms with Gasteiger partial charge in [0.1, 0.15) is 5.78 Å². The number of rotatable bonds is 4. The largest absolute Gasteiger partial charge is 0.414 e. The van der Waals surface area contributed by atoms with Crippen molar-refractivity contribution < 1.29 is 13.6 Å². The van der Waals surface area contributed by atoms with E-state index in [1.807, 2.05) is 0 Å². The number of hydrogen-bond donors (Lipinski definition) is 0. The Morgan fingerprint density at radius 1 is 0.760 bits per heavy atom. The van der Waals surface area contributed by atoms with Gasteiger partial charge in [-0.25, -0.2) is 0 Å². The minimum Gasteiger partial charge on any atom is -0.414 e. The Bertz CT molecular complexity index is 459. The summed E-state index contributed by atoms with van der Waals surface area (Å²) >= 11 is 0. The van der Waals surface area contributed by atoms with E-state index < -0.39 is 16.6 Å². The van der Waals surface area contributed by atoms with Crippen molar-refractivity contribution in [2.75, 3.05) is 0 Å². The SMILES string of the molecule is CC(C)(C)[Si](C)(C)O[C@@H]1CCC(=O)C[C@H](O[Si](C)(C)C(C)(C)C)CC1. The summed E-state index contributed by atoms with van der Waals surface area (Å²) in [5, 5.41) is 0.381. The molecule has 0 bridgehead atoms. The molecule has 0 spiro atoms. The zero-order valence-corrected chi connectivity index (χ0v) is 20.4. The van der Waals surface area contributed by atoms with Crippen molar-refractivity contribution in [1.82, 2.24) is 0 Å². The van der Waals surface area contributed by atoms with Gasteiger partial charge in [-0.2, -0.15) is 0 Å². The van der Waals surface area contributed by atoms with Crippen LogP contribution in [0.4, 0.5) is 0 Å². The highest BCUT2D eigenvalue weighted by Gasteiger charge is 2.41. The Kier molecular flexibility index (Phi) is 7.33. The van der Waals surface area contributed by atoms with Gasteiger partial charge in [-0.1, -0.05) is 41.5 Å². The maximum Gasteiger partial charge on any atom is 0.192 e. The molecule has 5 heteroatoms. The van der Waals surface area contributed by atoms with Crippen LogP contribution in [0.25, 0.3) is 0 Å². The van der Waals surface area contributed by atoms with Crippen molar-refractivity contribution in [3.05, 3.63) is 0 Å². The molecule has 0 aromatic heterocycles. The zero-order chi connectivity index (χ0) is 19.7. The van der Waals surface area contributed by atoms with Crippen molar-refractivity contribution >= 4 is 22.4 Å². The fraction of sp³-hybridized carbons (Fsp3) is 0.950. The molecule has 1 fully saturated rings. The first kappa shape index (κ1) is 23.1. The first-order valence-corrected chi connectivity index (χ1v) is 15.7. The van der Waals surface area contributed by atoms with Crippen LogP contribution >= 0.6 is 0 Å². The monoisotopic (exact) mass is 386 g/mol. The summed E-state index contributed by atoms with van der Waals surface area (Å²) in [5.41, 5.74) is 0. The van der Waals surface area contributed by atoms with E-state index in [2.05, 4.69) is 67.7 Å². The van der Waals surface area contributed by atoms with E-state index in [1.165, 1.54) is 0 Å². The third kappa shape index (κ3) is 6.60. The smallest absolute Gasteiger partial charge is 0.192 e. The molecule has 3 nitrogen and oxygen atoms in total. The minimum absolute atomic E-state index is 0.0687. The van der Waals surface area contributed by atoms with Crippen LogP contribution in [0.2, 0.25) is 36.3 Å². The molecule has 0 saturated heterocycles. The van der Waals surface area contributed by atoms with Crippen LogP contribution in [0.1, 0.15) is 73.6 Å². The van der Waals surface area contributed by atoms with E-state index in [0.717, 1.165) is 19.3 Å². The van der Waals surface area contributed by atoms with E-state index in [-0.39, 0.29) is 22.3 Å². The molecular weight excluding hydrogens is 344 g/mol. The predicted molar refractivity (Wildman–Crippen MR) is 112 cm³/mol. The Balaban J connectivity index is 2.79. The molecule has 2 atom stereocenters. The average Bonchev–Trinajstić information content (AvgIpc) is 2.36. The van der Waals surface area contributed by atoms with Crippen molar-refractivity contribution in [2.24, 2.45) is 0 Å². The van der Waals surface area contributed by atoms with Gasteiger partial charge in [0.2, 0.25) is 0 Å². The molecule has 25 heavy (non-hydrogen) atoms. The summed E-state index contributed by atoms with van der Waals surface area (Å²) in [7, 11) is -3.64. The van der Waals surface area contributed by atoms with Gasteiger partial charge in [-0.15, -0.1) is 0 Å². The normalized spacial score (nSPS) is 24.8. The molecule has 1 aliphatic rings. The third-order valence-corrected chi connectivity index (χ3v) is 15.6. The molecule has 148 valence electrons. The van der Waals surface area contributed by atoms with Gasteiger partial charge in [0.25, 0.3) is 0 Å². The molecule has 1 rings (SSSR count). The number of hydrogen-bond acceptors (Lipinski definition) is 3. The Labute approximate surface area is 158 Å². The van der Waals surface area contributed by atoms with Gasteiger partial charge >= 0.3 is 0 Å². The second-order valence-electron chi connectivity index (χ2n) is 10.9. The lowest BCUT2D eigenvalue weighted by Gasteiger charge is -2.42. The predicted octanol–water partition coefficient (Wildman–Crippen LogP) is 6.30. The summed E-state index contributed by atoms with van der Waals surface area (Å²) < 4.78 is 13.2. The van der Waals surface area contributed by atoms with Gasteiger partial charge in [-0.05, 0) is 55.5 Å². The maximum absolute atomic E-state index is 12.4. The molecule has 0 aromatic rings. The summed E-state index contributed by atoms with van der Waals surface area (Å²) in [5.74, 6) is 0.340. The number of carbonyl (C=O) groups excluding carboxylic acids is 1. The lowest BCUT2D eigenvalue weighted by molar-refractivity contribution is -0.122. The zero-order valence-electron chi connectivity index (χ0n) is 18.4. The lowest BCUT2D eigenvalue weighted by atomic mass is 9.96. The molecule has 0 radical (unpaired) electrons. The highest BCUT2D eigenvalue weighted by molar-refractivity contribution is 6.74. The summed E-state index contributed by atoms with van der Waals surface area (Å²) in [6, 6.07) is 0. The van der Waals surface area contributed by atoms with Crippen LogP contribution < -0.4 is 0 Å². The summed E-state index contributed by atoms with van der Waals surface area (Å²) in [4.78, 5) is 12.4. The van der Waals surface area contributed by atoms with E-state index in [0.29, 0.717) is 18.6 Å².